The van der Waals surface area contributed by atoms with E-state index in [-0.39, 0.29) is 5.56 Å². The molecule has 1 aromatic carbocycles. The number of fused-ring (bicyclic) bond motifs is 1. The molecule has 6 heteroatoms. The first-order valence-electron chi connectivity index (χ1n) is 5.94. The van der Waals surface area contributed by atoms with Crippen LogP contribution in [0, 0.1) is 17.5 Å². The minimum Gasteiger partial charge on any atom is -0.318 e. The number of halogens is 3. The van der Waals surface area contributed by atoms with Crippen LogP contribution in [0.5, 0.6) is 0 Å². The molecule has 0 saturated heterocycles. The van der Waals surface area contributed by atoms with E-state index in [9.17, 15) is 13.2 Å². The predicted molar refractivity (Wildman–Crippen MR) is 66.5 cm³/mol. The molecule has 0 radical (unpaired) electrons. The largest absolute Gasteiger partial charge is 0.318 e. The molecule has 1 atom stereocenters. The number of hydrogen-bond acceptors (Lipinski definition) is 3. The van der Waals surface area contributed by atoms with Crippen LogP contribution in [-0.4, -0.2) is 4.98 Å². The van der Waals surface area contributed by atoms with E-state index in [1.165, 1.54) is 16.2 Å². The van der Waals surface area contributed by atoms with Crippen LogP contribution in [0.2, 0.25) is 0 Å². The van der Waals surface area contributed by atoms with Crippen LogP contribution >= 0.6 is 11.3 Å². The summed E-state index contributed by atoms with van der Waals surface area (Å²) in [5, 5.41) is 0.620. The number of thiazole rings is 1. The molecule has 1 aromatic heterocycles. The van der Waals surface area contributed by atoms with Crippen LogP contribution in [0.4, 0.5) is 13.2 Å². The van der Waals surface area contributed by atoms with Gasteiger partial charge < -0.3 is 5.73 Å². The van der Waals surface area contributed by atoms with Crippen LogP contribution < -0.4 is 5.73 Å². The summed E-state index contributed by atoms with van der Waals surface area (Å²) in [5.41, 5.74) is 7.18. The van der Waals surface area contributed by atoms with E-state index in [4.69, 9.17) is 5.73 Å². The Morgan fingerprint density at radius 3 is 2.47 bits per heavy atom. The number of rotatable bonds is 2. The maximum Gasteiger partial charge on any atom is 0.194 e. The van der Waals surface area contributed by atoms with Crippen molar-refractivity contribution < 1.29 is 13.2 Å². The zero-order chi connectivity index (χ0) is 13.6. The standard InChI is InChI=1S/C13H11F3N2S/c14-7-4-6(5-8(15)11(7)16)12(17)13-18-9-2-1-3-10(9)19-13/h4-5,12H,1-3,17H2. The monoisotopic (exact) mass is 284 g/mol. The van der Waals surface area contributed by atoms with E-state index < -0.39 is 23.5 Å². The van der Waals surface area contributed by atoms with Crippen LogP contribution in [0.1, 0.15) is 33.6 Å². The van der Waals surface area contributed by atoms with E-state index in [2.05, 4.69) is 4.98 Å². The van der Waals surface area contributed by atoms with E-state index in [0.29, 0.717) is 5.01 Å². The molecule has 0 bridgehead atoms. The summed E-state index contributed by atoms with van der Waals surface area (Å²) in [6.45, 7) is 0. The molecule has 0 amide bonds. The van der Waals surface area contributed by atoms with Crippen molar-refractivity contribution in [1.29, 1.82) is 0 Å². The molecule has 2 nitrogen and oxygen atoms in total. The Morgan fingerprint density at radius 2 is 1.84 bits per heavy atom. The van der Waals surface area contributed by atoms with Crippen LogP contribution in [0.15, 0.2) is 12.1 Å². The molecule has 1 aliphatic rings. The highest BCUT2D eigenvalue weighted by Gasteiger charge is 2.22. The first-order valence-corrected chi connectivity index (χ1v) is 6.76. The van der Waals surface area contributed by atoms with Gasteiger partial charge in [0.15, 0.2) is 17.5 Å². The number of aromatic nitrogens is 1. The minimum absolute atomic E-state index is 0.198. The van der Waals surface area contributed by atoms with Gasteiger partial charge in [-0.2, -0.15) is 0 Å². The molecule has 3 rings (SSSR count). The van der Waals surface area contributed by atoms with Crippen molar-refractivity contribution in [3.05, 3.63) is 50.7 Å². The molecular weight excluding hydrogens is 273 g/mol. The lowest BCUT2D eigenvalue weighted by molar-refractivity contribution is 0.444. The molecule has 2 aromatic rings. The second-order valence-corrected chi connectivity index (χ2v) is 5.67. The first-order chi connectivity index (χ1) is 9.06. The molecule has 0 aliphatic heterocycles. The highest BCUT2D eigenvalue weighted by Crippen LogP contribution is 2.32. The molecule has 0 spiro atoms. The summed E-state index contributed by atoms with van der Waals surface area (Å²) >= 11 is 1.47. The Kier molecular flexibility index (Phi) is 3.06. The number of hydrogen-bond donors (Lipinski definition) is 1. The molecule has 2 N–H and O–H groups in total. The highest BCUT2D eigenvalue weighted by atomic mass is 32.1. The molecule has 100 valence electrons. The normalized spacial score (nSPS) is 15.6. The topological polar surface area (TPSA) is 38.9 Å². The van der Waals surface area contributed by atoms with Gasteiger partial charge in [-0.15, -0.1) is 11.3 Å². The molecular formula is C13H11F3N2S. The lowest BCUT2D eigenvalue weighted by Gasteiger charge is -2.10. The average Bonchev–Trinajstić information content (AvgIpc) is 2.94. The first kappa shape index (κ1) is 12.6. The fourth-order valence-corrected chi connectivity index (χ4v) is 3.42. The van der Waals surface area contributed by atoms with Crippen LogP contribution in [-0.2, 0) is 12.8 Å². The Balaban J connectivity index is 1.97. The molecule has 1 aliphatic carbocycles. The smallest absolute Gasteiger partial charge is 0.194 e. The molecule has 0 fully saturated rings. The number of benzene rings is 1. The van der Waals surface area contributed by atoms with Crippen molar-refractivity contribution in [2.75, 3.05) is 0 Å². The van der Waals surface area contributed by atoms with Gasteiger partial charge in [-0.1, -0.05) is 0 Å². The Bertz CT molecular complexity index is 594. The second kappa shape index (κ2) is 4.61. The predicted octanol–water partition coefficient (Wildman–Crippen LogP) is 3.10. The van der Waals surface area contributed by atoms with Gasteiger partial charge in [-0.05, 0) is 37.0 Å². The lowest BCUT2D eigenvalue weighted by Crippen LogP contribution is -2.13. The maximum absolute atomic E-state index is 13.2. The third kappa shape index (κ3) is 2.15. The van der Waals surface area contributed by atoms with E-state index >= 15 is 0 Å². The third-order valence-electron chi connectivity index (χ3n) is 3.24. The quantitative estimate of drug-likeness (QED) is 0.861. The number of nitrogens with two attached hydrogens (primary N) is 1. The summed E-state index contributed by atoms with van der Waals surface area (Å²) in [4.78, 5) is 5.59. The zero-order valence-corrected chi connectivity index (χ0v) is 10.7. The van der Waals surface area contributed by atoms with Crippen molar-refractivity contribution in [3.63, 3.8) is 0 Å². The highest BCUT2D eigenvalue weighted by molar-refractivity contribution is 7.11. The fourth-order valence-electron chi connectivity index (χ4n) is 2.24. The van der Waals surface area contributed by atoms with Gasteiger partial charge in [0, 0.05) is 4.88 Å². The summed E-state index contributed by atoms with van der Waals surface area (Å²) < 4.78 is 39.3. The van der Waals surface area contributed by atoms with Crippen molar-refractivity contribution in [1.82, 2.24) is 4.98 Å². The van der Waals surface area contributed by atoms with Crippen LogP contribution in [0.3, 0.4) is 0 Å². The molecule has 1 unspecified atom stereocenters. The van der Waals surface area contributed by atoms with Crippen molar-refractivity contribution in [3.8, 4) is 0 Å². The lowest BCUT2D eigenvalue weighted by atomic mass is 10.1. The van der Waals surface area contributed by atoms with Crippen molar-refractivity contribution in [2.24, 2.45) is 5.73 Å². The van der Waals surface area contributed by atoms with Gasteiger partial charge in [0.2, 0.25) is 0 Å². The van der Waals surface area contributed by atoms with Gasteiger partial charge in [-0.3, -0.25) is 0 Å². The fraction of sp³-hybridized carbons (Fsp3) is 0.308. The van der Waals surface area contributed by atoms with Gasteiger partial charge in [-0.25, -0.2) is 18.2 Å². The number of nitrogens with zero attached hydrogens (tertiary/aromatic N) is 1. The van der Waals surface area contributed by atoms with E-state index in [1.54, 1.807) is 0 Å². The zero-order valence-electron chi connectivity index (χ0n) is 9.92. The van der Waals surface area contributed by atoms with Crippen molar-refractivity contribution in [2.45, 2.75) is 25.3 Å². The molecule has 19 heavy (non-hydrogen) atoms. The van der Waals surface area contributed by atoms with Gasteiger partial charge in [0.25, 0.3) is 0 Å². The van der Waals surface area contributed by atoms with Gasteiger partial charge >= 0.3 is 0 Å². The van der Waals surface area contributed by atoms with Gasteiger partial charge in [0.1, 0.15) is 5.01 Å². The summed E-state index contributed by atoms with van der Waals surface area (Å²) in [6.07, 6.45) is 2.99. The third-order valence-corrected chi connectivity index (χ3v) is 4.48. The van der Waals surface area contributed by atoms with Crippen molar-refractivity contribution >= 4 is 11.3 Å². The Labute approximate surface area is 112 Å². The molecule has 1 heterocycles. The average molecular weight is 284 g/mol. The Morgan fingerprint density at radius 1 is 1.16 bits per heavy atom. The van der Waals surface area contributed by atoms with Gasteiger partial charge in [0.05, 0.1) is 11.7 Å². The Hall–Kier alpha value is -1.40. The maximum atomic E-state index is 13.2. The SMILES string of the molecule is NC(c1cc(F)c(F)c(F)c1)c1nc2c(s1)CCC2. The number of aryl methyl sites for hydroxylation is 2. The van der Waals surface area contributed by atoms with Crippen LogP contribution in [0.25, 0.3) is 0 Å². The van der Waals surface area contributed by atoms with E-state index in [0.717, 1.165) is 37.1 Å². The van der Waals surface area contributed by atoms with E-state index in [1.807, 2.05) is 0 Å². The minimum atomic E-state index is -1.47. The summed E-state index contributed by atoms with van der Waals surface area (Å²) in [5.74, 6) is -3.93. The summed E-state index contributed by atoms with van der Waals surface area (Å²) in [6, 6.07) is 1.13. The second-order valence-electron chi connectivity index (χ2n) is 4.55. The summed E-state index contributed by atoms with van der Waals surface area (Å²) in [7, 11) is 0. The molecule has 0 saturated carbocycles.